The molecular formula is C18H21Cl2N. The lowest BCUT2D eigenvalue weighted by Gasteiger charge is -2.14. The zero-order valence-electron chi connectivity index (χ0n) is 12.8. The van der Waals surface area contributed by atoms with Gasteiger partial charge in [0.05, 0.1) is 0 Å². The van der Waals surface area contributed by atoms with Crippen LogP contribution in [-0.2, 0) is 6.54 Å². The van der Waals surface area contributed by atoms with Crippen molar-refractivity contribution in [1.82, 2.24) is 5.32 Å². The summed E-state index contributed by atoms with van der Waals surface area (Å²) >= 11 is 12.6. The third-order valence-electron chi connectivity index (χ3n) is 3.68. The smallest absolute Gasteiger partial charge is 0.0487 e. The highest BCUT2D eigenvalue weighted by atomic mass is 35.5. The first-order chi connectivity index (χ1) is 10.0. The first kappa shape index (κ1) is 16.4. The summed E-state index contributed by atoms with van der Waals surface area (Å²) in [6.45, 7) is 8.14. The Bertz CT molecular complexity index is 635. The highest BCUT2D eigenvalue weighted by Gasteiger charge is 2.11. The number of hydrogen-bond acceptors (Lipinski definition) is 1. The molecule has 21 heavy (non-hydrogen) atoms. The monoisotopic (exact) mass is 321 g/mol. The minimum Gasteiger partial charge on any atom is -0.313 e. The molecule has 0 aromatic heterocycles. The maximum atomic E-state index is 6.46. The molecule has 0 aliphatic carbocycles. The molecule has 0 bridgehead atoms. The number of halogens is 2. The summed E-state index contributed by atoms with van der Waals surface area (Å²) < 4.78 is 0. The second kappa shape index (κ2) is 7.31. The van der Waals surface area contributed by atoms with Gasteiger partial charge >= 0.3 is 0 Å². The molecule has 3 heteroatoms. The average Bonchev–Trinajstić information content (AvgIpc) is 2.44. The van der Waals surface area contributed by atoms with Crippen LogP contribution in [0.15, 0.2) is 30.3 Å². The molecule has 0 saturated heterocycles. The van der Waals surface area contributed by atoms with Gasteiger partial charge in [-0.25, -0.2) is 0 Å². The van der Waals surface area contributed by atoms with Gasteiger partial charge in [0.2, 0.25) is 0 Å². The zero-order valence-corrected chi connectivity index (χ0v) is 14.3. The lowest BCUT2D eigenvalue weighted by molar-refractivity contribution is 0.676. The van der Waals surface area contributed by atoms with E-state index in [1.807, 2.05) is 18.2 Å². The summed E-state index contributed by atoms with van der Waals surface area (Å²) in [4.78, 5) is 0. The lowest BCUT2D eigenvalue weighted by Crippen LogP contribution is -2.14. The van der Waals surface area contributed by atoms with Gasteiger partial charge in [-0.1, -0.05) is 36.2 Å². The minimum atomic E-state index is 0.756. The summed E-state index contributed by atoms with van der Waals surface area (Å²) in [6.07, 6.45) is 1.11. The van der Waals surface area contributed by atoms with Gasteiger partial charge in [0.25, 0.3) is 0 Å². The van der Waals surface area contributed by atoms with Crippen molar-refractivity contribution in [2.45, 2.75) is 33.7 Å². The van der Waals surface area contributed by atoms with E-state index in [4.69, 9.17) is 23.2 Å². The van der Waals surface area contributed by atoms with Crippen LogP contribution < -0.4 is 5.32 Å². The van der Waals surface area contributed by atoms with Gasteiger partial charge < -0.3 is 5.32 Å². The number of rotatable bonds is 5. The van der Waals surface area contributed by atoms with E-state index in [-0.39, 0.29) is 0 Å². The average molecular weight is 322 g/mol. The summed E-state index contributed by atoms with van der Waals surface area (Å²) in [6, 6.07) is 10.2. The molecular weight excluding hydrogens is 301 g/mol. The van der Waals surface area contributed by atoms with Crippen molar-refractivity contribution in [2.24, 2.45) is 0 Å². The molecule has 112 valence electrons. The fourth-order valence-corrected chi connectivity index (χ4v) is 2.87. The van der Waals surface area contributed by atoms with Gasteiger partial charge in [-0.3, -0.25) is 0 Å². The Hall–Kier alpha value is -1.02. The van der Waals surface area contributed by atoms with Crippen LogP contribution in [0.1, 0.15) is 30.0 Å². The van der Waals surface area contributed by atoms with E-state index >= 15 is 0 Å². The van der Waals surface area contributed by atoms with Crippen LogP contribution in [0.3, 0.4) is 0 Å². The highest BCUT2D eigenvalue weighted by molar-refractivity contribution is 6.33. The van der Waals surface area contributed by atoms with Crippen molar-refractivity contribution in [3.8, 4) is 11.1 Å². The molecule has 0 aliphatic rings. The Morgan fingerprint density at radius 2 is 1.67 bits per heavy atom. The van der Waals surface area contributed by atoms with Crippen molar-refractivity contribution in [3.63, 3.8) is 0 Å². The van der Waals surface area contributed by atoms with Crippen LogP contribution in [0.4, 0.5) is 0 Å². The topological polar surface area (TPSA) is 12.0 Å². The van der Waals surface area contributed by atoms with Crippen molar-refractivity contribution >= 4 is 23.2 Å². The van der Waals surface area contributed by atoms with Crippen LogP contribution in [0.25, 0.3) is 11.1 Å². The van der Waals surface area contributed by atoms with E-state index in [0.717, 1.165) is 40.7 Å². The maximum absolute atomic E-state index is 6.46. The standard InChI is InChI=1S/C18H21Cl2N/c1-4-7-21-11-14-10-15(19)5-6-16(14)17-8-12(2)13(3)9-18(17)20/h5-6,8-10,21H,4,7,11H2,1-3H3. The summed E-state index contributed by atoms with van der Waals surface area (Å²) in [5, 5.41) is 4.98. The highest BCUT2D eigenvalue weighted by Crippen LogP contribution is 2.34. The van der Waals surface area contributed by atoms with E-state index in [0.29, 0.717) is 0 Å². The Morgan fingerprint density at radius 3 is 2.38 bits per heavy atom. The Balaban J connectivity index is 2.45. The molecule has 0 fully saturated rings. The van der Waals surface area contributed by atoms with Gasteiger partial charge in [-0.2, -0.15) is 0 Å². The second-order valence-electron chi connectivity index (χ2n) is 5.39. The second-order valence-corrected chi connectivity index (χ2v) is 6.24. The zero-order chi connectivity index (χ0) is 15.4. The van der Waals surface area contributed by atoms with Crippen molar-refractivity contribution in [3.05, 3.63) is 57.1 Å². The first-order valence-electron chi connectivity index (χ1n) is 7.29. The normalized spacial score (nSPS) is 10.9. The number of aryl methyl sites for hydroxylation is 2. The quantitative estimate of drug-likeness (QED) is 0.688. The minimum absolute atomic E-state index is 0.756. The summed E-state index contributed by atoms with van der Waals surface area (Å²) in [7, 11) is 0. The Labute approximate surface area is 137 Å². The molecule has 0 aliphatic heterocycles. The SMILES string of the molecule is CCCNCc1cc(Cl)ccc1-c1cc(C)c(C)cc1Cl. The van der Waals surface area contributed by atoms with E-state index in [2.05, 4.69) is 38.2 Å². The molecule has 0 unspecified atom stereocenters. The molecule has 0 spiro atoms. The van der Waals surface area contributed by atoms with E-state index in [1.165, 1.54) is 16.7 Å². The van der Waals surface area contributed by atoms with E-state index in [9.17, 15) is 0 Å². The largest absolute Gasteiger partial charge is 0.313 e. The van der Waals surface area contributed by atoms with Crippen LogP contribution in [0, 0.1) is 13.8 Å². The predicted octanol–water partition coefficient (Wildman–Crippen LogP) is 5.78. The molecule has 2 aromatic carbocycles. The summed E-state index contributed by atoms with van der Waals surface area (Å²) in [5.41, 5.74) is 5.86. The van der Waals surface area contributed by atoms with Crippen LogP contribution in [-0.4, -0.2) is 6.54 Å². The van der Waals surface area contributed by atoms with Crippen LogP contribution >= 0.6 is 23.2 Å². The molecule has 0 heterocycles. The van der Waals surface area contributed by atoms with E-state index in [1.54, 1.807) is 0 Å². The number of nitrogens with one attached hydrogen (secondary N) is 1. The molecule has 2 rings (SSSR count). The lowest BCUT2D eigenvalue weighted by atomic mass is 9.96. The van der Waals surface area contributed by atoms with Gasteiger partial charge in [-0.15, -0.1) is 0 Å². The Morgan fingerprint density at radius 1 is 0.952 bits per heavy atom. The summed E-state index contributed by atoms with van der Waals surface area (Å²) in [5.74, 6) is 0. The predicted molar refractivity (Wildman–Crippen MR) is 93.4 cm³/mol. The van der Waals surface area contributed by atoms with Crippen LogP contribution in [0.2, 0.25) is 10.0 Å². The molecule has 1 N–H and O–H groups in total. The maximum Gasteiger partial charge on any atom is 0.0487 e. The Kier molecular flexibility index (Phi) is 5.69. The van der Waals surface area contributed by atoms with Gasteiger partial charge in [0, 0.05) is 22.2 Å². The molecule has 0 saturated carbocycles. The third-order valence-corrected chi connectivity index (χ3v) is 4.23. The van der Waals surface area contributed by atoms with Crippen LogP contribution in [0.5, 0.6) is 0 Å². The molecule has 2 aromatic rings. The van der Waals surface area contributed by atoms with Gasteiger partial charge in [0.1, 0.15) is 0 Å². The fraction of sp³-hybridized carbons (Fsp3) is 0.333. The van der Waals surface area contributed by atoms with E-state index < -0.39 is 0 Å². The molecule has 0 amide bonds. The van der Waals surface area contributed by atoms with Gasteiger partial charge in [0.15, 0.2) is 0 Å². The molecule has 0 radical (unpaired) electrons. The number of benzene rings is 2. The van der Waals surface area contributed by atoms with Crippen molar-refractivity contribution in [2.75, 3.05) is 6.54 Å². The molecule has 0 atom stereocenters. The van der Waals surface area contributed by atoms with Crippen molar-refractivity contribution < 1.29 is 0 Å². The molecule has 1 nitrogen and oxygen atoms in total. The number of hydrogen-bond donors (Lipinski definition) is 1. The van der Waals surface area contributed by atoms with Gasteiger partial charge in [-0.05, 0) is 73.3 Å². The van der Waals surface area contributed by atoms with Crippen molar-refractivity contribution in [1.29, 1.82) is 0 Å². The third kappa shape index (κ3) is 4.00. The first-order valence-corrected chi connectivity index (χ1v) is 8.04. The fourth-order valence-electron chi connectivity index (χ4n) is 2.36.